The van der Waals surface area contributed by atoms with Crippen LogP contribution in [0.2, 0.25) is 0 Å². The average molecular weight is 312 g/mol. The molecule has 0 bridgehead atoms. The van der Waals surface area contributed by atoms with Gasteiger partial charge < -0.3 is 25.2 Å². The highest BCUT2D eigenvalue weighted by Crippen LogP contribution is 2.23. The Balaban J connectivity index is 2.34. The molecule has 128 valence electrons. The number of aldehydes is 1. The molecule has 4 unspecified atom stereocenters. The second kappa shape index (κ2) is 9.22. The Labute approximate surface area is 134 Å². The van der Waals surface area contributed by atoms with Gasteiger partial charge in [-0.05, 0) is 60.8 Å². The molecule has 0 saturated carbocycles. The lowest BCUT2D eigenvalue weighted by molar-refractivity contribution is -0.125. The highest BCUT2D eigenvalue weighted by atomic mass is 16.2. The van der Waals surface area contributed by atoms with Crippen molar-refractivity contribution >= 4 is 12.2 Å². The Kier molecular flexibility index (Phi) is 8.00. The first-order valence-electron chi connectivity index (χ1n) is 8.22. The molecular weight excluding hydrogens is 280 g/mol. The van der Waals surface area contributed by atoms with Gasteiger partial charge in [-0.3, -0.25) is 4.79 Å². The first kappa shape index (κ1) is 19.1. The Morgan fingerprint density at radius 3 is 2.64 bits per heavy atom. The molecule has 22 heavy (non-hydrogen) atoms. The molecule has 0 radical (unpaired) electrons. The first-order valence-corrected chi connectivity index (χ1v) is 8.22. The minimum atomic E-state index is -0.450. The van der Waals surface area contributed by atoms with Crippen molar-refractivity contribution in [3.8, 4) is 0 Å². The van der Waals surface area contributed by atoms with Crippen molar-refractivity contribution in [1.82, 2.24) is 20.4 Å². The van der Waals surface area contributed by atoms with E-state index in [1.807, 2.05) is 7.05 Å². The Morgan fingerprint density at radius 2 is 2.14 bits per heavy atom. The standard InChI is InChI=1S/C16H32N4O2/c1-12-6-7-15(20(12)5)8-9-19(4)10-14(11-21)18-16(22)13(2)17-3/h11-15,17H,6-10H2,1-5H3,(H,18,22). The molecular formula is C16H32N4O2. The van der Waals surface area contributed by atoms with Gasteiger partial charge in [-0.1, -0.05) is 0 Å². The van der Waals surface area contributed by atoms with E-state index in [4.69, 9.17) is 0 Å². The lowest BCUT2D eigenvalue weighted by Gasteiger charge is -2.27. The number of hydrogen-bond acceptors (Lipinski definition) is 5. The van der Waals surface area contributed by atoms with E-state index in [1.165, 1.54) is 12.8 Å². The summed E-state index contributed by atoms with van der Waals surface area (Å²) in [6, 6.07) is 0.557. The van der Waals surface area contributed by atoms with Crippen molar-refractivity contribution in [3.05, 3.63) is 0 Å². The second-order valence-corrected chi connectivity index (χ2v) is 6.56. The van der Waals surface area contributed by atoms with Crippen LogP contribution >= 0.6 is 0 Å². The van der Waals surface area contributed by atoms with Crippen LogP contribution in [0, 0.1) is 0 Å². The van der Waals surface area contributed by atoms with E-state index < -0.39 is 6.04 Å². The molecule has 0 aliphatic carbocycles. The Hall–Kier alpha value is -0.980. The van der Waals surface area contributed by atoms with Crippen LogP contribution in [0.3, 0.4) is 0 Å². The van der Waals surface area contributed by atoms with Crippen LogP contribution in [-0.4, -0.2) is 80.4 Å². The van der Waals surface area contributed by atoms with E-state index >= 15 is 0 Å². The zero-order valence-electron chi connectivity index (χ0n) is 14.6. The minimum absolute atomic E-state index is 0.141. The number of hydrogen-bond donors (Lipinski definition) is 2. The van der Waals surface area contributed by atoms with Crippen LogP contribution in [0.15, 0.2) is 0 Å². The number of likely N-dealkylation sites (N-methyl/N-ethyl adjacent to an activating group) is 2. The van der Waals surface area contributed by atoms with E-state index in [-0.39, 0.29) is 11.9 Å². The third kappa shape index (κ3) is 5.66. The van der Waals surface area contributed by atoms with E-state index in [9.17, 15) is 9.59 Å². The minimum Gasteiger partial charge on any atom is -0.344 e. The number of nitrogens with one attached hydrogen (secondary N) is 2. The van der Waals surface area contributed by atoms with Crippen LogP contribution in [0.25, 0.3) is 0 Å². The van der Waals surface area contributed by atoms with Crippen molar-refractivity contribution in [2.24, 2.45) is 0 Å². The molecule has 1 rings (SSSR count). The zero-order chi connectivity index (χ0) is 16.7. The van der Waals surface area contributed by atoms with Gasteiger partial charge in [0.15, 0.2) is 0 Å². The maximum atomic E-state index is 11.8. The fourth-order valence-corrected chi connectivity index (χ4v) is 2.91. The normalized spacial score (nSPS) is 25.2. The van der Waals surface area contributed by atoms with Gasteiger partial charge in [-0.15, -0.1) is 0 Å². The zero-order valence-corrected chi connectivity index (χ0v) is 14.6. The molecule has 1 heterocycles. The van der Waals surface area contributed by atoms with Crippen LogP contribution in [-0.2, 0) is 9.59 Å². The number of carbonyl (C=O) groups is 2. The molecule has 4 atom stereocenters. The third-order valence-electron chi connectivity index (χ3n) is 4.86. The lowest BCUT2D eigenvalue weighted by atomic mass is 10.1. The molecule has 6 heteroatoms. The number of carbonyl (C=O) groups excluding carboxylic acids is 2. The van der Waals surface area contributed by atoms with Gasteiger partial charge in [0.05, 0.1) is 12.1 Å². The highest BCUT2D eigenvalue weighted by molar-refractivity contribution is 5.84. The van der Waals surface area contributed by atoms with Crippen molar-refractivity contribution in [2.45, 2.75) is 57.3 Å². The highest BCUT2D eigenvalue weighted by Gasteiger charge is 2.27. The van der Waals surface area contributed by atoms with Crippen molar-refractivity contribution in [2.75, 3.05) is 34.2 Å². The summed E-state index contributed by atoms with van der Waals surface area (Å²) < 4.78 is 0. The number of amides is 1. The molecule has 0 aromatic rings. The van der Waals surface area contributed by atoms with E-state index in [0.29, 0.717) is 18.6 Å². The topological polar surface area (TPSA) is 64.7 Å². The maximum Gasteiger partial charge on any atom is 0.237 e. The maximum absolute atomic E-state index is 11.8. The van der Waals surface area contributed by atoms with Gasteiger partial charge >= 0.3 is 0 Å². The summed E-state index contributed by atoms with van der Waals surface area (Å²) in [5.41, 5.74) is 0. The molecule has 1 fully saturated rings. The first-order chi connectivity index (χ1) is 10.4. The number of likely N-dealkylation sites (tertiary alicyclic amines) is 1. The summed E-state index contributed by atoms with van der Waals surface area (Å²) in [7, 11) is 5.92. The molecule has 0 aromatic carbocycles. The lowest BCUT2D eigenvalue weighted by Crippen LogP contribution is -2.49. The van der Waals surface area contributed by atoms with Gasteiger partial charge in [-0.25, -0.2) is 0 Å². The summed E-state index contributed by atoms with van der Waals surface area (Å²) in [5.74, 6) is -0.141. The monoisotopic (exact) mass is 312 g/mol. The molecule has 0 spiro atoms. The van der Waals surface area contributed by atoms with Crippen LogP contribution < -0.4 is 10.6 Å². The molecule has 1 aliphatic heterocycles. The SMILES string of the molecule is CNC(C)C(=O)NC(C=O)CN(C)CCC1CCC(C)N1C. The van der Waals surface area contributed by atoms with Gasteiger partial charge in [0, 0.05) is 18.6 Å². The van der Waals surface area contributed by atoms with Crippen molar-refractivity contribution < 1.29 is 9.59 Å². The second-order valence-electron chi connectivity index (χ2n) is 6.56. The summed E-state index contributed by atoms with van der Waals surface area (Å²) >= 11 is 0. The van der Waals surface area contributed by atoms with Crippen LogP contribution in [0.1, 0.15) is 33.1 Å². The summed E-state index contributed by atoms with van der Waals surface area (Å²) in [6.45, 7) is 5.53. The van der Waals surface area contributed by atoms with Crippen LogP contribution in [0.4, 0.5) is 0 Å². The fourth-order valence-electron chi connectivity index (χ4n) is 2.91. The Morgan fingerprint density at radius 1 is 1.45 bits per heavy atom. The fraction of sp³-hybridized carbons (Fsp3) is 0.875. The summed E-state index contributed by atoms with van der Waals surface area (Å²) in [5, 5.41) is 5.64. The smallest absolute Gasteiger partial charge is 0.237 e. The van der Waals surface area contributed by atoms with E-state index in [1.54, 1.807) is 14.0 Å². The van der Waals surface area contributed by atoms with Gasteiger partial charge in [0.25, 0.3) is 0 Å². The average Bonchev–Trinajstić information content (AvgIpc) is 2.82. The third-order valence-corrected chi connectivity index (χ3v) is 4.86. The van der Waals surface area contributed by atoms with E-state index in [2.05, 4.69) is 34.4 Å². The van der Waals surface area contributed by atoms with Gasteiger partial charge in [-0.2, -0.15) is 0 Å². The predicted molar refractivity (Wildman–Crippen MR) is 88.9 cm³/mol. The quantitative estimate of drug-likeness (QED) is 0.591. The Bertz CT molecular complexity index is 364. The predicted octanol–water partition coefficient (Wildman–Crippen LogP) is 0.0826. The molecule has 1 aliphatic rings. The number of rotatable bonds is 9. The molecule has 1 saturated heterocycles. The molecule has 0 aromatic heterocycles. The molecule has 2 N–H and O–H groups in total. The van der Waals surface area contributed by atoms with Crippen molar-refractivity contribution in [1.29, 1.82) is 0 Å². The van der Waals surface area contributed by atoms with Crippen molar-refractivity contribution in [3.63, 3.8) is 0 Å². The van der Waals surface area contributed by atoms with Gasteiger partial charge in [0.2, 0.25) is 5.91 Å². The largest absolute Gasteiger partial charge is 0.344 e. The molecule has 1 amide bonds. The van der Waals surface area contributed by atoms with Gasteiger partial charge in [0.1, 0.15) is 6.29 Å². The van der Waals surface area contributed by atoms with Crippen LogP contribution in [0.5, 0.6) is 0 Å². The summed E-state index contributed by atoms with van der Waals surface area (Å²) in [4.78, 5) is 27.6. The number of nitrogens with zero attached hydrogens (tertiary/aromatic N) is 2. The summed E-state index contributed by atoms with van der Waals surface area (Å²) in [6.07, 6.45) is 4.43. The molecule has 6 nitrogen and oxygen atoms in total. The van der Waals surface area contributed by atoms with E-state index in [0.717, 1.165) is 19.3 Å².